The molecule has 1 unspecified atom stereocenters. The lowest BCUT2D eigenvalue weighted by molar-refractivity contribution is 0.0604. The molecule has 1 heterocycles. The summed E-state index contributed by atoms with van der Waals surface area (Å²) in [4.78, 5) is 0. The van der Waals surface area contributed by atoms with Crippen molar-refractivity contribution in [3.05, 3.63) is 53.7 Å². The van der Waals surface area contributed by atoms with E-state index in [9.17, 15) is 4.39 Å². The van der Waals surface area contributed by atoms with Gasteiger partial charge >= 0.3 is 0 Å². The Bertz CT molecular complexity index is 404. The Labute approximate surface area is 121 Å². The molecule has 0 aromatic heterocycles. The van der Waals surface area contributed by atoms with Gasteiger partial charge in [0, 0.05) is 12.5 Å². The summed E-state index contributed by atoms with van der Waals surface area (Å²) < 4.78 is 18.4. The number of benzene rings is 1. The lowest BCUT2D eigenvalue weighted by atomic mass is 9.84. The number of hydrogen-bond acceptors (Lipinski definition) is 1. The van der Waals surface area contributed by atoms with Crippen molar-refractivity contribution in [1.82, 2.24) is 0 Å². The van der Waals surface area contributed by atoms with Crippen LogP contribution in [0.1, 0.15) is 38.2 Å². The molecule has 20 heavy (non-hydrogen) atoms. The van der Waals surface area contributed by atoms with Crippen LogP contribution >= 0.6 is 0 Å². The zero-order valence-electron chi connectivity index (χ0n) is 12.3. The first-order valence-corrected chi connectivity index (χ1v) is 7.64. The van der Waals surface area contributed by atoms with Crippen LogP contribution in [0.2, 0.25) is 0 Å². The van der Waals surface area contributed by atoms with Gasteiger partial charge < -0.3 is 4.74 Å². The molecule has 0 spiro atoms. The Morgan fingerprint density at radius 3 is 2.80 bits per heavy atom. The molecule has 1 fully saturated rings. The fraction of sp³-hybridized carbons (Fsp3) is 0.500. The quantitative estimate of drug-likeness (QED) is 0.729. The normalized spacial score (nSPS) is 19.9. The van der Waals surface area contributed by atoms with Crippen LogP contribution in [0.3, 0.4) is 0 Å². The van der Waals surface area contributed by atoms with Gasteiger partial charge in [-0.15, -0.1) is 0 Å². The summed E-state index contributed by atoms with van der Waals surface area (Å²) in [5.74, 6) is 1.93. The zero-order chi connectivity index (χ0) is 14.2. The first-order chi connectivity index (χ1) is 9.79. The van der Waals surface area contributed by atoms with Crippen LogP contribution in [0.4, 0.5) is 4.39 Å². The Hall–Kier alpha value is -1.15. The van der Waals surface area contributed by atoms with Crippen molar-refractivity contribution in [2.75, 3.05) is 13.2 Å². The van der Waals surface area contributed by atoms with Crippen LogP contribution in [0.5, 0.6) is 0 Å². The highest BCUT2D eigenvalue weighted by Gasteiger charge is 2.21. The van der Waals surface area contributed by atoms with E-state index in [1.165, 1.54) is 37.3 Å². The lowest BCUT2D eigenvalue weighted by Gasteiger charge is -2.27. The maximum Gasteiger partial charge on any atom is 0.123 e. The molecule has 109 valence electrons. The molecule has 0 saturated carbocycles. The molecule has 1 aromatic carbocycles. The minimum absolute atomic E-state index is 0.171. The zero-order valence-corrected chi connectivity index (χ0v) is 12.3. The van der Waals surface area contributed by atoms with Gasteiger partial charge in [-0.1, -0.05) is 37.6 Å². The van der Waals surface area contributed by atoms with Crippen molar-refractivity contribution in [3.63, 3.8) is 0 Å². The van der Waals surface area contributed by atoms with Crippen LogP contribution in [-0.4, -0.2) is 13.2 Å². The maximum absolute atomic E-state index is 12.8. The van der Waals surface area contributed by atoms with Crippen molar-refractivity contribution in [2.45, 2.75) is 39.0 Å². The first kappa shape index (κ1) is 15.2. The molecule has 1 saturated heterocycles. The van der Waals surface area contributed by atoms with Gasteiger partial charge in [0.05, 0.1) is 6.61 Å². The number of allylic oxidation sites excluding steroid dienone is 2. The molecule has 2 rings (SSSR count). The molecule has 1 aliphatic heterocycles. The molecule has 1 aliphatic rings. The van der Waals surface area contributed by atoms with Crippen molar-refractivity contribution in [3.8, 4) is 0 Å². The molecule has 2 heteroatoms. The van der Waals surface area contributed by atoms with E-state index >= 15 is 0 Å². The topological polar surface area (TPSA) is 9.23 Å². The Morgan fingerprint density at radius 1 is 1.35 bits per heavy atom. The van der Waals surface area contributed by atoms with E-state index in [2.05, 4.69) is 19.1 Å². The summed E-state index contributed by atoms with van der Waals surface area (Å²) in [5, 5.41) is 0. The minimum Gasteiger partial charge on any atom is -0.381 e. The van der Waals surface area contributed by atoms with Crippen LogP contribution in [0.25, 0.3) is 0 Å². The molecule has 1 radical (unpaired) electrons. The highest BCUT2D eigenvalue weighted by Crippen LogP contribution is 2.29. The second-order valence-electron chi connectivity index (χ2n) is 5.47. The SMILES string of the molecule is CCC[C](C=CCc1ccc(F)cc1)C1CCCOC1. The Morgan fingerprint density at radius 2 is 2.15 bits per heavy atom. The van der Waals surface area contributed by atoms with Gasteiger partial charge in [-0.2, -0.15) is 0 Å². The van der Waals surface area contributed by atoms with Crippen LogP contribution in [0, 0.1) is 17.7 Å². The third-order valence-corrected chi connectivity index (χ3v) is 3.82. The largest absolute Gasteiger partial charge is 0.381 e. The number of halogens is 1. The van der Waals surface area contributed by atoms with E-state index in [0.717, 1.165) is 31.6 Å². The van der Waals surface area contributed by atoms with Crippen molar-refractivity contribution >= 4 is 0 Å². The summed E-state index contributed by atoms with van der Waals surface area (Å²) in [6.07, 6.45) is 10.1. The summed E-state index contributed by atoms with van der Waals surface area (Å²) in [5.41, 5.74) is 1.15. The average Bonchev–Trinajstić information content (AvgIpc) is 2.49. The van der Waals surface area contributed by atoms with Gasteiger partial charge in [-0.3, -0.25) is 0 Å². The first-order valence-electron chi connectivity index (χ1n) is 7.64. The van der Waals surface area contributed by atoms with E-state index in [1.54, 1.807) is 0 Å². The molecule has 1 aromatic rings. The maximum atomic E-state index is 12.8. The van der Waals surface area contributed by atoms with Gasteiger partial charge in [0.15, 0.2) is 0 Å². The standard InChI is InChI=1S/C18H24FO/c1-2-5-16(17-8-4-13-20-14-17)7-3-6-15-9-11-18(19)12-10-15/h3,7,9-12,17H,2,4-6,8,13-14H2,1H3. The summed E-state index contributed by atoms with van der Waals surface area (Å²) in [6.45, 7) is 4.00. The highest BCUT2D eigenvalue weighted by molar-refractivity contribution is 5.21. The minimum atomic E-state index is -0.171. The van der Waals surface area contributed by atoms with Gasteiger partial charge in [-0.25, -0.2) is 4.39 Å². The predicted molar refractivity (Wildman–Crippen MR) is 80.9 cm³/mol. The molecule has 0 bridgehead atoms. The smallest absolute Gasteiger partial charge is 0.123 e. The third kappa shape index (κ3) is 4.75. The monoisotopic (exact) mass is 275 g/mol. The number of ether oxygens (including phenoxy) is 1. The van der Waals surface area contributed by atoms with Crippen molar-refractivity contribution < 1.29 is 9.13 Å². The van der Waals surface area contributed by atoms with E-state index < -0.39 is 0 Å². The van der Waals surface area contributed by atoms with E-state index in [4.69, 9.17) is 4.74 Å². The van der Waals surface area contributed by atoms with Crippen molar-refractivity contribution in [2.24, 2.45) is 5.92 Å². The molecule has 0 N–H and O–H groups in total. The predicted octanol–water partition coefficient (Wildman–Crippen LogP) is 4.73. The fourth-order valence-electron chi connectivity index (χ4n) is 2.71. The molecule has 0 amide bonds. The van der Waals surface area contributed by atoms with E-state index in [1.807, 2.05) is 12.1 Å². The summed E-state index contributed by atoms with van der Waals surface area (Å²) in [7, 11) is 0. The fourth-order valence-corrected chi connectivity index (χ4v) is 2.71. The van der Waals surface area contributed by atoms with Gasteiger partial charge in [-0.05, 0) is 49.3 Å². The summed E-state index contributed by atoms with van der Waals surface area (Å²) in [6, 6.07) is 6.75. The molecule has 1 atom stereocenters. The second-order valence-corrected chi connectivity index (χ2v) is 5.47. The third-order valence-electron chi connectivity index (χ3n) is 3.82. The summed E-state index contributed by atoms with van der Waals surface area (Å²) >= 11 is 0. The van der Waals surface area contributed by atoms with Crippen molar-refractivity contribution in [1.29, 1.82) is 0 Å². The van der Waals surface area contributed by atoms with E-state index in [0.29, 0.717) is 5.92 Å². The second kappa shape index (κ2) is 8.21. The van der Waals surface area contributed by atoms with Crippen LogP contribution in [-0.2, 0) is 11.2 Å². The van der Waals surface area contributed by atoms with E-state index in [-0.39, 0.29) is 5.82 Å². The average molecular weight is 275 g/mol. The van der Waals surface area contributed by atoms with Gasteiger partial charge in [0.25, 0.3) is 0 Å². The lowest BCUT2D eigenvalue weighted by Crippen LogP contribution is -2.22. The molecular formula is C18H24FO. The molecule has 1 nitrogen and oxygen atoms in total. The van der Waals surface area contributed by atoms with Gasteiger partial charge in [0.1, 0.15) is 5.82 Å². The Balaban J connectivity index is 1.89. The number of hydrogen-bond donors (Lipinski definition) is 0. The Kier molecular flexibility index (Phi) is 6.25. The molecule has 0 aliphatic carbocycles. The van der Waals surface area contributed by atoms with Gasteiger partial charge in [0.2, 0.25) is 0 Å². The number of rotatable bonds is 6. The highest BCUT2D eigenvalue weighted by atomic mass is 19.1. The van der Waals surface area contributed by atoms with Crippen LogP contribution in [0.15, 0.2) is 36.4 Å². The molecular weight excluding hydrogens is 251 g/mol. The van der Waals surface area contributed by atoms with Crippen LogP contribution < -0.4 is 0 Å².